The molecule has 11 heteroatoms. The Hall–Kier alpha value is -2.72. The van der Waals surface area contributed by atoms with Crippen molar-refractivity contribution in [3.8, 4) is 11.5 Å². The normalized spacial score (nSPS) is 17.4. The van der Waals surface area contributed by atoms with Crippen LogP contribution in [0.5, 0.6) is 11.5 Å². The van der Waals surface area contributed by atoms with Gasteiger partial charge in [0.1, 0.15) is 17.3 Å². The number of halogens is 2. The van der Waals surface area contributed by atoms with E-state index in [9.17, 15) is 9.59 Å². The Morgan fingerprint density at radius 3 is 2.60 bits per heavy atom. The summed E-state index contributed by atoms with van der Waals surface area (Å²) < 4.78 is 16.9. The monoisotopic (exact) mass is 535 g/mol. The van der Waals surface area contributed by atoms with Crippen LogP contribution in [-0.2, 0) is 22.4 Å². The Labute approximate surface area is 216 Å². The maximum absolute atomic E-state index is 13.1. The van der Waals surface area contributed by atoms with Crippen LogP contribution in [0.25, 0.3) is 10.2 Å². The molecular formula is C24H23Cl2N3O5S. The lowest BCUT2D eigenvalue weighted by atomic mass is 9.99. The molecule has 3 aromatic rings. The molecule has 0 saturated carbocycles. The first kappa shape index (κ1) is 25.4. The third-order valence-electron chi connectivity index (χ3n) is 5.75. The molecule has 1 aliphatic heterocycles. The van der Waals surface area contributed by atoms with Gasteiger partial charge in [0.2, 0.25) is 5.91 Å². The van der Waals surface area contributed by atoms with Gasteiger partial charge in [-0.15, -0.1) is 11.3 Å². The number of benzene rings is 1. The molecule has 2 atom stereocenters. The number of ketones is 1. The van der Waals surface area contributed by atoms with Gasteiger partial charge in [0.15, 0.2) is 5.78 Å². The molecule has 1 saturated heterocycles. The standard InChI is InChI=1S/C24H23Cl2N3O5S/c1-4-22(31)29-15-11-34-10-12(15)5-21-27-9-20-14(28-21)7-19(35-20)16(30)6-13-23(25)17(32-2)8-18(33-3)24(13)26/h4,7-9,12,15H,1,5-6,10-11H2,2-3H3,(H,29,31). The summed E-state index contributed by atoms with van der Waals surface area (Å²) in [5.41, 5.74) is 1.11. The summed E-state index contributed by atoms with van der Waals surface area (Å²) in [5, 5.41) is 3.42. The third-order valence-corrected chi connectivity index (χ3v) is 7.68. The molecule has 1 fully saturated rings. The fraction of sp³-hybridized carbons (Fsp3) is 0.333. The molecular weight excluding hydrogens is 513 g/mol. The van der Waals surface area contributed by atoms with E-state index in [1.807, 2.05) is 0 Å². The molecule has 1 aromatic carbocycles. The summed E-state index contributed by atoms with van der Waals surface area (Å²) in [5.74, 6) is 1.01. The van der Waals surface area contributed by atoms with E-state index in [4.69, 9.17) is 37.4 Å². The maximum Gasteiger partial charge on any atom is 0.243 e. The van der Waals surface area contributed by atoms with Gasteiger partial charge in [-0.1, -0.05) is 29.8 Å². The van der Waals surface area contributed by atoms with Gasteiger partial charge in [0, 0.05) is 36.6 Å². The van der Waals surface area contributed by atoms with E-state index in [1.165, 1.54) is 31.6 Å². The zero-order valence-corrected chi connectivity index (χ0v) is 21.4. The maximum atomic E-state index is 13.1. The van der Waals surface area contributed by atoms with Crippen molar-refractivity contribution in [1.29, 1.82) is 0 Å². The second-order valence-electron chi connectivity index (χ2n) is 7.95. The topological polar surface area (TPSA) is 99.6 Å². The van der Waals surface area contributed by atoms with Crippen LogP contribution in [0, 0.1) is 5.92 Å². The number of rotatable bonds is 9. The van der Waals surface area contributed by atoms with E-state index in [0.717, 1.165) is 4.70 Å². The zero-order chi connectivity index (χ0) is 25.1. The third kappa shape index (κ3) is 5.43. The molecule has 184 valence electrons. The number of nitrogens with zero attached hydrogens (tertiary/aromatic N) is 2. The quantitative estimate of drug-likeness (QED) is 0.322. The summed E-state index contributed by atoms with van der Waals surface area (Å²) in [6.45, 7) is 4.42. The van der Waals surface area contributed by atoms with Gasteiger partial charge in [-0.3, -0.25) is 9.59 Å². The van der Waals surface area contributed by atoms with Gasteiger partial charge < -0.3 is 19.5 Å². The fourth-order valence-electron chi connectivity index (χ4n) is 3.89. The predicted octanol–water partition coefficient (Wildman–Crippen LogP) is 4.30. The Bertz CT molecular complexity index is 1270. The van der Waals surface area contributed by atoms with Crippen molar-refractivity contribution in [3.63, 3.8) is 0 Å². The molecule has 35 heavy (non-hydrogen) atoms. The van der Waals surface area contributed by atoms with Crippen LogP contribution in [0.3, 0.4) is 0 Å². The molecule has 0 aliphatic carbocycles. The second-order valence-corrected chi connectivity index (χ2v) is 9.79. The number of methoxy groups -OCH3 is 2. The highest BCUT2D eigenvalue weighted by Crippen LogP contribution is 2.41. The lowest BCUT2D eigenvalue weighted by molar-refractivity contribution is -0.117. The van der Waals surface area contributed by atoms with Gasteiger partial charge in [0.25, 0.3) is 0 Å². The molecule has 1 amide bonds. The van der Waals surface area contributed by atoms with Crippen LogP contribution < -0.4 is 14.8 Å². The summed E-state index contributed by atoms with van der Waals surface area (Å²) in [6.07, 6.45) is 3.46. The highest BCUT2D eigenvalue weighted by Gasteiger charge is 2.30. The first-order valence-corrected chi connectivity index (χ1v) is 12.3. The van der Waals surface area contributed by atoms with E-state index in [-0.39, 0.29) is 40.1 Å². The van der Waals surface area contributed by atoms with Crippen molar-refractivity contribution in [3.05, 3.63) is 57.3 Å². The molecule has 8 nitrogen and oxygen atoms in total. The summed E-state index contributed by atoms with van der Waals surface area (Å²) in [7, 11) is 2.96. The van der Waals surface area contributed by atoms with Crippen molar-refractivity contribution in [2.75, 3.05) is 27.4 Å². The van der Waals surface area contributed by atoms with Gasteiger partial charge in [-0.25, -0.2) is 9.97 Å². The first-order chi connectivity index (χ1) is 16.8. The van der Waals surface area contributed by atoms with Crippen molar-refractivity contribution in [1.82, 2.24) is 15.3 Å². The van der Waals surface area contributed by atoms with Gasteiger partial charge in [-0.05, 0) is 12.1 Å². The Kier molecular flexibility index (Phi) is 7.91. The van der Waals surface area contributed by atoms with E-state index >= 15 is 0 Å². The van der Waals surface area contributed by atoms with Crippen LogP contribution in [0.4, 0.5) is 0 Å². The summed E-state index contributed by atoms with van der Waals surface area (Å²) >= 11 is 14.2. The average molecular weight is 536 g/mol. The zero-order valence-electron chi connectivity index (χ0n) is 19.1. The van der Waals surface area contributed by atoms with Crippen molar-refractivity contribution in [2.24, 2.45) is 5.92 Å². The van der Waals surface area contributed by atoms with E-state index in [1.54, 1.807) is 18.3 Å². The Morgan fingerprint density at radius 2 is 1.94 bits per heavy atom. The number of nitrogens with one attached hydrogen (secondary N) is 1. The minimum Gasteiger partial charge on any atom is -0.495 e. The highest BCUT2D eigenvalue weighted by atomic mass is 35.5. The van der Waals surface area contributed by atoms with Crippen molar-refractivity contribution in [2.45, 2.75) is 18.9 Å². The minimum absolute atomic E-state index is 0.0254. The Balaban J connectivity index is 1.53. The lowest BCUT2D eigenvalue weighted by Gasteiger charge is -2.17. The smallest absolute Gasteiger partial charge is 0.243 e. The molecule has 0 spiro atoms. The fourth-order valence-corrected chi connectivity index (χ4v) is 5.43. The number of aromatic nitrogens is 2. The van der Waals surface area contributed by atoms with Crippen LogP contribution >= 0.6 is 34.5 Å². The van der Waals surface area contributed by atoms with Crippen LogP contribution in [0.1, 0.15) is 21.1 Å². The molecule has 0 radical (unpaired) electrons. The Morgan fingerprint density at radius 1 is 1.23 bits per heavy atom. The summed E-state index contributed by atoms with van der Waals surface area (Å²) in [6, 6.07) is 3.20. The molecule has 1 N–H and O–H groups in total. The van der Waals surface area contributed by atoms with Gasteiger partial charge >= 0.3 is 0 Å². The van der Waals surface area contributed by atoms with Crippen LogP contribution in [-0.4, -0.2) is 55.1 Å². The molecule has 2 aromatic heterocycles. The first-order valence-electron chi connectivity index (χ1n) is 10.7. The van der Waals surface area contributed by atoms with Gasteiger partial charge in [-0.2, -0.15) is 0 Å². The number of Topliss-reactive ketones (excluding diaryl/α,β-unsaturated/α-hetero) is 1. The van der Waals surface area contributed by atoms with Crippen LogP contribution in [0.15, 0.2) is 31.0 Å². The molecule has 2 unspecified atom stereocenters. The van der Waals surface area contributed by atoms with Gasteiger partial charge in [0.05, 0.1) is 58.6 Å². The van der Waals surface area contributed by atoms with Crippen molar-refractivity contribution >= 4 is 56.4 Å². The largest absolute Gasteiger partial charge is 0.495 e. The number of hydrogen-bond donors (Lipinski definition) is 1. The number of carbonyl (C=O) groups excluding carboxylic acids is 2. The number of carbonyl (C=O) groups is 2. The van der Waals surface area contributed by atoms with Crippen molar-refractivity contribution < 1.29 is 23.8 Å². The van der Waals surface area contributed by atoms with E-state index in [2.05, 4.69) is 21.9 Å². The lowest BCUT2D eigenvalue weighted by Crippen LogP contribution is -2.39. The summed E-state index contributed by atoms with van der Waals surface area (Å²) in [4.78, 5) is 34.4. The molecule has 0 bridgehead atoms. The second kappa shape index (κ2) is 10.9. The molecule has 1 aliphatic rings. The SMILES string of the molecule is C=CC(=O)NC1COCC1Cc1ncc2sc(C(=O)Cc3c(Cl)c(OC)cc(OC)c3Cl)cc2n1. The van der Waals surface area contributed by atoms with Crippen LogP contribution in [0.2, 0.25) is 10.0 Å². The van der Waals surface area contributed by atoms with E-state index in [0.29, 0.717) is 52.9 Å². The average Bonchev–Trinajstić information content (AvgIpc) is 3.48. The molecule has 4 rings (SSSR count). The minimum atomic E-state index is -0.239. The number of fused-ring (bicyclic) bond motifs is 1. The predicted molar refractivity (Wildman–Crippen MR) is 135 cm³/mol. The number of hydrogen-bond acceptors (Lipinski definition) is 8. The molecule has 3 heterocycles. The number of amides is 1. The number of ether oxygens (including phenoxy) is 3. The highest BCUT2D eigenvalue weighted by molar-refractivity contribution is 7.20. The number of thiophene rings is 1. The van der Waals surface area contributed by atoms with E-state index < -0.39 is 0 Å².